The van der Waals surface area contributed by atoms with Crippen molar-refractivity contribution in [3.05, 3.63) is 92.9 Å². The molecule has 1 atom stereocenters. The molecule has 0 aromatic heterocycles. The van der Waals surface area contributed by atoms with E-state index in [1.165, 1.54) is 5.56 Å². The summed E-state index contributed by atoms with van der Waals surface area (Å²) in [6.45, 7) is 5.88. The number of hydrogen-bond acceptors (Lipinski definition) is 3. The van der Waals surface area contributed by atoms with Gasteiger partial charge in [0.25, 0.3) is 0 Å². The Morgan fingerprint density at radius 2 is 1.67 bits per heavy atom. The van der Waals surface area contributed by atoms with Gasteiger partial charge in [0.05, 0.1) is 11.1 Å². The van der Waals surface area contributed by atoms with E-state index in [0.717, 1.165) is 27.9 Å². The van der Waals surface area contributed by atoms with Crippen LogP contribution in [0.25, 0.3) is 0 Å². The van der Waals surface area contributed by atoms with E-state index in [2.05, 4.69) is 58.5 Å². The van der Waals surface area contributed by atoms with Gasteiger partial charge in [-0.2, -0.15) is 0 Å². The molecule has 0 aliphatic heterocycles. The van der Waals surface area contributed by atoms with Gasteiger partial charge in [0.2, 0.25) is 0 Å². The van der Waals surface area contributed by atoms with Gasteiger partial charge in [-0.15, -0.1) is 12.4 Å². The Morgan fingerprint density at radius 1 is 0.967 bits per heavy atom. The second-order valence-electron chi connectivity index (χ2n) is 6.77. The molecule has 3 aromatic rings. The molecular formula is C24H26BrCl2NO2. The molecule has 0 radical (unpaired) electrons. The first kappa shape index (κ1) is 24.5. The van der Waals surface area contributed by atoms with E-state index in [1.807, 2.05) is 43.3 Å². The van der Waals surface area contributed by atoms with E-state index in [9.17, 15) is 0 Å². The summed E-state index contributed by atoms with van der Waals surface area (Å²) in [5, 5.41) is 4.28. The van der Waals surface area contributed by atoms with Crippen molar-refractivity contribution in [1.29, 1.82) is 0 Å². The molecule has 1 N–H and O–H groups in total. The van der Waals surface area contributed by atoms with E-state index >= 15 is 0 Å². The van der Waals surface area contributed by atoms with Crippen LogP contribution in [0.2, 0.25) is 5.02 Å². The quantitative estimate of drug-likeness (QED) is 0.326. The third-order valence-corrected chi connectivity index (χ3v) is 5.42. The van der Waals surface area contributed by atoms with Crippen molar-refractivity contribution >= 4 is 39.9 Å². The molecule has 0 heterocycles. The van der Waals surface area contributed by atoms with Crippen LogP contribution in [0.5, 0.6) is 11.5 Å². The maximum absolute atomic E-state index is 6.06. The monoisotopic (exact) mass is 509 g/mol. The maximum Gasteiger partial charge on any atom is 0.175 e. The first-order chi connectivity index (χ1) is 14.1. The van der Waals surface area contributed by atoms with E-state index < -0.39 is 0 Å². The molecule has 3 aromatic carbocycles. The van der Waals surface area contributed by atoms with Crippen molar-refractivity contribution in [2.75, 3.05) is 6.61 Å². The Labute approximate surface area is 198 Å². The third kappa shape index (κ3) is 6.92. The lowest BCUT2D eigenvalue weighted by molar-refractivity contribution is 0.267. The van der Waals surface area contributed by atoms with E-state index in [1.54, 1.807) is 0 Å². The average Bonchev–Trinajstić information content (AvgIpc) is 2.73. The summed E-state index contributed by atoms with van der Waals surface area (Å²) < 4.78 is 12.8. The van der Waals surface area contributed by atoms with Gasteiger partial charge in [-0.1, -0.05) is 54.1 Å². The predicted octanol–water partition coefficient (Wildman–Crippen LogP) is 7.35. The molecular weight excluding hydrogens is 485 g/mol. The van der Waals surface area contributed by atoms with Crippen molar-refractivity contribution < 1.29 is 9.47 Å². The minimum atomic E-state index is 0. The van der Waals surface area contributed by atoms with Gasteiger partial charge >= 0.3 is 0 Å². The van der Waals surface area contributed by atoms with E-state index in [-0.39, 0.29) is 18.4 Å². The highest BCUT2D eigenvalue weighted by molar-refractivity contribution is 9.10. The molecule has 30 heavy (non-hydrogen) atoms. The van der Waals surface area contributed by atoms with Gasteiger partial charge in [0.15, 0.2) is 11.5 Å². The Balaban J connectivity index is 0.00000320. The van der Waals surface area contributed by atoms with Crippen LogP contribution in [0.15, 0.2) is 71.2 Å². The van der Waals surface area contributed by atoms with Crippen LogP contribution < -0.4 is 14.8 Å². The summed E-state index contributed by atoms with van der Waals surface area (Å²) in [6, 6.07) is 22.4. The highest BCUT2D eigenvalue weighted by Crippen LogP contribution is 2.37. The Hall–Kier alpha value is -1.72. The zero-order chi connectivity index (χ0) is 20.6. The first-order valence-electron chi connectivity index (χ1n) is 9.67. The zero-order valence-electron chi connectivity index (χ0n) is 17.0. The summed E-state index contributed by atoms with van der Waals surface area (Å²) in [7, 11) is 0. The van der Waals surface area contributed by atoms with Gasteiger partial charge in [-0.3, -0.25) is 0 Å². The molecule has 0 amide bonds. The van der Waals surface area contributed by atoms with E-state index in [4.69, 9.17) is 21.1 Å². The molecule has 0 spiro atoms. The van der Waals surface area contributed by atoms with Crippen LogP contribution in [0.1, 0.15) is 36.6 Å². The standard InChI is InChI=1S/C24H25BrClNO2.ClH/c1-3-28-23-14-19(15-27-17(2)20-7-5-4-6-8-20)13-22(25)24(23)29-16-18-9-11-21(26)12-10-18;/h4-14,17,27H,3,15-16H2,1-2H3;1H. The molecule has 3 nitrogen and oxygen atoms in total. The summed E-state index contributed by atoms with van der Waals surface area (Å²) in [6.07, 6.45) is 0. The number of hydrogen-bond donors (Lipinski definition) is 1. The number of ether oxygens (including phenoxy) is 2. The number of nitrogens with one attached hydrogen (secondary N) is 1. The Morgan fingerprint density at radius 3 is 2.33 bits per heavy atom. The molecule has 1 unspecified atom stereocenters. The van der Waals surface area contributed by atoms with Gasteiger partial charge in [-0.25, -0.2) is 0 Å². The van der Waals surface area contributed by atoms with Crippen molar-refractivity contribution in [3.8, 4) is 11.5 Å². The minimum absolute atomic E-state index is 0. The second kappa shape index (κ2) is 12.2. The minimum Gasteiger partial charge on any atom is -0.490 e. The van der Waals surface area contributed by atoms with Gasteiger partial charge in [0.1, 0.15) is 6.61 Å². The fourth-order valence-corrected chi connectivity index (χ4v) is 3.72. The summed E-state index contributed by atoms with van der Waals surface area (Å²) in [5.74, 6) is 1.45. The molecule has 6 heteroatoms. The Bertz CT molecular complexity index is 920. The summed E-state index contributed by atoms with van der Waals surface area (Å²) >= 11 is 9.61. The lowest BCUT2D eigenvalue weighted by atomic mass is 10.1. The largest absolute Gasteiger partial charge is 0.490 e. The second-order valence-corrected chi connectivity index (χ2v) is 8.06. The number of halogens is 3. The summed E-state index contributed by atoms with van der Waals surface area (Å²) in [4.78, 5) is 0. The molecule has 0 aliphatic rings. The van der Waals surface area contributed by atoms with Crippen molar-refractivity contribution in [2.24, 2.45) is 0 Å². The topological polar surface area (TPSA) is 30.5 Å². The smallest absolute Gasteiger partial charge is 0.175 e. The van der Waals surface area contributed by atoms with Gasteiger partial charge in [-0.05, 0) is 70.7 Å². The molecule has 160 valence electrons. The van der Waals surface area contributed by atoms with Crippen molar-refractivity contribution in [1.82, 2.24) is 5.32 Å². The normalized spacial score (nSPS) is 11.5. The van der Waals surface area contributed by atoms with Crippen LogP contribution >= 0.6 is 39.9 Å². The van der Waals surface area contributed by atoms with Crippen molar-refractivity contribution in [2.45, 2.75) is 33.0 Å². The lowest BCUT2D eigenvalue weighted by Gasteiger charge is -2.18. The first-order valence-corrected chi connectivity index (χ1v) is 10.8. The van der Waals surface area contributed by atoms with Crippen LogP contribution in [0, 0.1) is 0 Å². The Kier molecular flexibility index (Phi) is 9.99. The van der Waals surface area contributed by atoms with E-state index in [0.29, 0.717) is 24.0 Å². The van der Waals surface area contributed by atoms with Gasteiger partial charge in [0, 0.05) is 17.6 Å². The number of benzene rings is 3. The van der Waals surface area contributed by atoms with Crippen LogP contribution in [-0.2, 0) is 13.2 Å². The molecule has 0 fully saturated rings. The fourth-order valence-electron chi connectivity index (χ4n) is 2.99. The molecule has 0 saturated carbocycles. The SMILES string of the molecule is CCOc1cc(CNC(C)c2ccccc2)cc(Br)c1OCc1ccc(Cl)cc1.Cl. The maximum atomic E-state index is 6.06. The van der Waals surface area contributed by atoms with Crippen LogP contribution in [-0.4, -0.2) is 6.61 Å². The highest BCUT2D eigenvalue weighted by Gasteiger charge is 2.13. The number of rotatable bonds is 9. The fraction of sp³-hybridized carbons (Fsp3) is 0.250. The molecule has 0 bridgehead atoms. The summed E-state index contributed by atoms with van der Waals surface area (Å²) in [5.41, 5.74) is 3.44. The lowest BCUT2D eigenvalue weighted by Crippen LogP contribution is -2.18. The van der Waals surface area contributed by atoms with Crippen molar-refractivity contribution in [3.63, 3.8) is 0 Å². The molecule has 3 rings (SSSR count). The van der Waals surface area contributed by atoms with Crippen LogP contribution in [0.4, 0.5) is 0 Å². The third-order valence-electron chi connectivity index (χ3n) is 4.58. The predicted molar refractivity (Wildman–Crippen MR) is 130 cm³/mol. The molecule has 0 aliphatic carbocycles. The van der Waals surface area contributed by atoms with Crippen LogP contribution in [0.3, 0.4) is 0 Å². The van der Waals surface area contributed by atoms with Gasteiger partial charge < -0.3 is 14.8 Å². The highest BCUT2D eigenvalue weighted by atomic mass is 79.9. The zero-order valence-corrected chi connectivity index (χ0v) is 20.2. The molecule has 0 saturated heterocycles. The average molecular weight is 511 g/mol.